The third-order valence-corrected chi connectivity index (χ3v) is 3.28. The number of rotatable bonds is 6. The summed E-state index contributed by atoms with van der Waals surface area (Å²) in [5, 5.41) is 5.89. The zero-order valence-corrected chi connectivity index (χ0v) is 11.7. The van der Waals surface area contributed by atoms with E-state index in [0.717, 1.165) is 18.4 Å². The highest BCUT2D eigenvalue weighted by Crippen LogP contribution is 2.29. The fourth-order valence-electron chi connectivity index (χ4n) is 2.23. The molecule has 1 fully saturated rings. The van der Waals surface area contributed by atoms with Crippen molar-refractivity contribution in [3.05, 3.63) is 23.8 Å². The molecule has 7 heteroatoms. The number of piperidine rings is 1. The van der Waals surface area contributed by atoms with Gasteiger partial charge in [0.2, 0.25) is 5.91 Å². The third kappa shape index (κ3) is 4.29. The van der Waals surface area contributed by atoms with Gasteiger partial charge in [-0.25, -0.2) is 0 Å². The highest BCUT2D eigenvalue weighted by atomic mass is 19.3. The van der Waals surface area contributed by atoms with E-state index >= 15 is 0 Å². The second-order valence-corrected chi connectivity index (χ2v) is 4.73. The molecule has 0 bridgehead atoms. The minimum absolute atomic E-state index is 0.0140. The summed E-state index contributed by atoms with van der Waals surface area (Å²) in [5.74, 6) is 0.202. The van der Waals surface area contributed by atoms with Crippen LogP contribution in [0.4, 0.5) is 8.78 Å². The maximum atomic E-state index is 12.4. The number of carbonyl (C=O) groups is 1. The van der Waals surface area contributed by atoms with Crippen molar-refractivity contribution in [2.75, 3.05) is 13.7 Å². The lowest BCUT2D eigenvalue weighted by molar-refractivity contribution is -0.124. The number of benzene rings is 1. The van der Waals surface area contributed by atoms with Crippen LogP contribution in [0.25, 0.3) is 0 Å². The van der Waals surface area contributed by atoms with Gasteiger partial charge in [0.05, 0.1) is 13.2 Å². The van der Waals surface area contributed by atoms with Crippen LogP contribution < -0.4 is 20.1 Å². The Morgan fingerprint density at radius 2 is 2.24 bits per heavy atom. The average molecular weight is 300 g/mol. The van der Waals surface area contributed by atoms with E-state index in [-0.39, 0.29) is 23.4 Å². The summed E-state index contributed by atoms with van der Waals surface area (Å²) in [6.07, 6.45) is 1.69. The van der Waals surface area contributed by atoms with Crippen molar-refractivity contribution in [3.63, 3.8) is 0 Å². The van der Waals surface area contributed by atoms with E-state index in [4.69, 9.17) is 4.74 Å². The van der Waals surface area contributed by atoms with E-state index in [1.54, 1.807) is 12.1 Å². The van der Waals surface area contributed by atoms with Crippen LogP contribution >= 0.6 is 0 Å². The van der Waals surface area contributed by atoms with E-state index in [0.29, 0.717) is 13.1 Å². The van der Waals surface area contributed by atoms with Crippen LogP contribution in [-0.2, 0) is 11.3 Å². The number of alkyl halides is 2. The number of carbonyl (C=O) groups excluding carboxylic acids is 1. The SMILES string of the molecule is COc1ccc(CNC2CCCNC2=O)cc1OC(F)F. The molecule has 1 aliphatic heterocycles. The van der Waals surface area contributed by atoms with Gasteiger partial charge in [-0.05, 0) is 30.5 Å². The van der Waals surface area contributed by atoms with Gasteiger partial charge < -0.3 is 20.1 Å². The first-order valence-electron chi connectivity index (χ1n) is 6.73. The molecule has 1 amide bonds. The number of amides is 1. The van der Waals surface area contributed by atoms with Crippen LogP contribution in [0.2, 0.25) is 0 Å². The quantitative estimate of drug-likeness (QED) is 0.839. The minimum Gasteiger partial charge on any atom is -0.493 e. The summed E-state index contributed by atoms with van der Waals surface area (Å²) in [6, 6.07) is 4.54. The summed E-state index contributed by atoms with van der Waals surface area (Å²) in [6.45, 7) is -1.82. The molecule has 1 aliphatic rings. The Morgan fingerprint density at radius 3 is 2.90 bits per heavy atom. The first kappa shape index (κ1) is 15.5. The molecule has 1 atom stereocenters. The Bertz CT molecular complexity index is 497. The summed E-state index contributed by atoms with van der Waals surface area (Å²) in [5.41, 5.74) is 0.741. The third-order valence-electron chi connectivity index (χ3n) is 3.28. The molecule has 2 N–H and O–H groups in total. The number of hydrogen-bond donors (Lipinski definition) is 2. The Kier molecular flexibility index (Phi) is 5.32. The molecular formula is C14H18F2N2O3. The first-order chi connectivity index (χ1) is 10.1. The highest BCUT2D eigenvalue weighted by molar-refractivity contribution is 5.82. The van der Waals surface area contributed by atoms with Crippen molar-refractivity contribution in [2.24, 2.45) is 0 Å². The second-order valence-electron chi connectivity index (χ2n) is 4.73. The lowest BCUT2D eigenvalue weighted by Crippen LogP contribution is -2.47. The van der Waals surface area contributed by atoms with E-state index in [1.165, 1.54) is 13.2 Å². The molecule has 2 rings (SSSR count). The lowest BCUT2D eigenvalue weighted by Gasteiger charge is -2.23. The molecule has 1 aromatic rings. The maximum absolute atomic E-state index is 12.4. The van der Waals surface area contributed by atoms with E-state index in [9.17, 15) is 13.6 Å². The molecule has 0 radical (unpaired) electrons. The molecule has 1 heterocycles. The lowest BCUT2D eigenvalue weighted by atomic mass is 10.1. The summed E-state index contributed by atoms with van der Waals surface area (Å²) in [4.78, 5) is 11.6. The highest BCUT2D eigenvalue weighted by Gasteiger charge is 2.21. The van der Waals surface area contributed by atoms with Gasteiger partial charge in [0, 0.05) is 13.1 Å². The Hall–Kier alpha value is -1.89. The molecular weight excluding hydrogens is 282 g/mol. The fourth-order valence-corrected chi connectivity index (χ4v) is 2.23. The number of hydrogen-bond acceptors (Lipinski definition) is 4. The number of nitrogens with one attached hydrogen (secondary N) is 2. The van der Waals surface area contributed by atoms with Gasteiger partial charge in [-0.3, -0.25) is 4.79 Å². The van der Waals surface area contributed by atoms with Crippen molar-refractivity contribution < 1.29 is 23.0 Å². The molecule has 0 saturated carbocycles. The van der Waals surface area contributed by atoms with Crippen molar-refractivity contribution in [1.29, 1.82) is 0 Å². The van der Waals surface area contributed by atoms with Gasteiger partial charge in [0.25, 0.3) is 0 Å². The zero-order valence-electron chi connectivity index (χ0n) is 11.7. The minimum atomic E-state index is -2.91. The van der Waals surface area contributed by atoms with E-state index in [1.807, 2.05) is 0 Å². The molecule has 0 spiro atoms. The molecule has 116 valence electrons. The predicted octanol–water partition coefficient (Wildman–Crippen LogP) is 1.66. The smallest absolute Gasteiger partial charge is 0.387 e. The van der Waals surface area contributed by atoms with Crippen molar-refractivity contribution in [3.8, 4) is 11.5 Å². The van der Waals surface area contributed by atoms with Crippen LogP contribution in [0.1, 0.15) is 18.4 Å². The predicted molar refractivity (Wildman–Crippen MR) is 72.5 cm³/mol. The Labute approximate surface area is 121 Å². The topological polar surface area (TPSA) is 59.6 Å². The van der Waals surface area contributed by atoms with E-state index < -0.39 is 6.61 Å². The van der Waals surface area contributed by atoms with Crippen molar-refractivity contribution >= 4 is 5.91 Å². The molecule has 5 nitrogen and oxygen atoms in total. The van der Waals surface area contributed by atoms with Crippen molar-refractivity contribution in [2.45, 2.75) is 32.0 Å². The molecule has 1 aromatic carbocycles. The van der Waals surface area contributed by atoms with Crippen LogP contribution in [0.15, 0.2) is 18.2 Å². The fraction of sp³-hybridized carbons (Fsp3) is 0.500. The molecule has 0 aliphatic carbocycles. The Balaban J connectivity index is 2.01. The number of methoxy groups -OCH3 is 1. The van der Waals surface area contributed by atoms with Gasteiger partial charge >= 0.3 is 6.61 Å². The molecule has 1 unspecified atom stereocenters. The molecule has 21 heavy (non-hydrogen) atoms. The summed E-state index contributed by atoms with van der Waals surface area (Å²) >= 11 is 0. The van der Waals surface area contributed by atoms with Gasteiger partial charge in [0.1, 0.15) is 0 Å². The maximum Gasteiger partial charge on any atom is 0.387 e. The van der Waals surface area contributed by atoms with E-state index in [2.05, 4.69) is 15.4 Å². The average Bonchev–Trinajstić information content (AvgIpc) is 2.46. The van der Waals surface area contributed by atoms with Crippen LogP contribution in [0, 0.1) is 0 Å². The van der Waals surface area contributed by atoms with Crippen LogP contribution in [0.5, 0.6) is 11.5 Å². The number of ether oxygens (including phenoxy) is 2. The van der Waals surface area contributed by atoms with Gasteiger partial charge in [-0.2, -0.15) is 8.78 Å². The first-order valence-corrected chi connectivity index (χ1v) is 6.73. The van der Waals surface area contributed by atoms with Gasteiger partial charge in [-0.15, -0.1) is 0 Å². The normalized spacial score (nSPS) is 18.5. The van der Waals surface area contributed by atoms with Crippen molar-refractivity contribution in [1.82, 2.24) is 10.6 Å². The Morgan fingerprint density at radius 1 is 1.43 bits per heavy atom. The monoisotopic (exact) mass is 300 g/mol. The van der Waals surface area contributed by atoms with Gasteiger partial charge in [0.15, 0.2) is 11.5 Å². The summed E-state index contributed by atoms with van der Waals surface area (Å²) < 4.78 is 34.1. The molecule has 0 aromatic heterocycles. The second kappa shape index (κ2) is 7.21. The largest absolute Gasteiger partial charge is 0.493 e. The standard InChI is InChI=1S/C14H18F2N2O3/c1-20-11-5-4-9(7-12(11)21-14(15)16)8-18-10-3-2-6-17-13(10)19/h4-5,7,10,14,18H,2-3,6,8H2,1H3,(H,17,19). The van der Waals surface area contributed by atoms with Crippen LogP contribution in [-0.4, -0.2) is 32.2 Å². The zero-order chi connectivity index (χ0) is 15.2. The summed E-state index contributed by atoms with van der Waals surface area (Å²) in [7, 11) is 1.39. The number of halogens is 2. The van der Waals surface area contributed by atoms with Gasteiger partial charge in [-0.1, -0.05) is 6.07 Å². The van der Waals surface area contributed by atoms with Crippen LogP contribution in [0.3, 0.4) is 0 Å². The molecule has 1 saturated heterocycles.